The summed E-state index contributed by atoms with van der Waals surface area (Å²) in [6.07, 6.45) is 3.57. The Bertz CT molecular complexity index is 377. The van der Waals surface area contributed by atoms with Crippen molar-refractivity contribution in [1.82, 2.24) is 4.98 Å². The van der Waals surface area contributed by atoms with Crippen LogP contribution in [0.5, 0.6) is 0 Å². The van der Waals surface area contributed by atoms with E-state index in [0.717, 1.165) is 5.56 Å². The van der Waals surface area contributed by atoms with Gasteiger partial charge in [0, 0.05) is 12.4 Å². The van der Waals surface area contributed by atoms with Crippen molar-refractivity contribution < 1.29 is 19.4 Å². The summed E-state index contributed by atoms with van der Waals surface area (Å²) < 4.78 is 5.16. The fourth-order valence-electron chi connectivity index (χ4n) is 1.39. The molecule has 0 radical (unpaired) electrons. The summed E-state index contributed by atoms with van der Waals surface area (Å²) in [7, 11) is 0. The lowest BCUT2D eigenvalue weighted by atomic mass is 10.0. The molecule has 0 aliphatic heterocycles. The number of carboxylic acid groups (broad SMARTS) is 1. The van der Waals surface area contributed by atoms with Gasteiger partial charge in [-0.25, -0.2) is 0 Å². The lowest BCUT2D eigenvalue weighted by Gasteiger charge is -2.08. The molecular weight excluding hydrogens is 222 g/mol. The smallest absolute Gasteiger partial charge is 0.314 e. The van der Waals surface area contributed by atoms with E-state index in [4.69, 9.17) is 9.84 Å². The molecule has 1 unspecified atom stereocenters. The van der Waals surface area contributed by atoms with E-state index in [9.17, 15) is 9.59 Å². The van der Waals surface area contributed by atoms with Crippen molar-refractivity contribution in [3.8, 4) is 0 Å². The predicted octanol–water partition coefficient (Wildman–Crippen LogP) is 1.28. The Morgan fingerprint density at radius 1 is 1.53 bits per heavy atom. The van der Waals surface area contributed by atoms with E-state index >= 15 is 0 Å². The van der Waals surface area contributed by atoms with Gasteiger partial charge in [0.2, 0.25) is 0 Å². The zero-order valence-electron chi connectivity index (χ0n) is 9.63. The molecule has 92 valence electrons. The van der Waals surface area contributed by atoms with Crippen molar-refractivity contribution in [3.63, 3.8) is 0 Å². The standard InChI is InChI=1S/C12H15NO4/c1-2-10(12(15)16)11(14)8-17-7-9-4-3-5-13-6-9/h3-6,10H,2,7-8H2,1H3,(H,15,16). The van der Waals surface area contributed by atoms with Crippen LogP contribution in [0.1, 0.15) is 18.9 Å². The number of hydrogen-bond donors (Lipinski definition) is 1. The number of ketones is 1. The van der Waals surface area contributed by atoms with Crippen LogP contribution >= 0.6 is 0 Å². The highest BCUT2D eigenvalue weighted by Crippen LogP contribution is 2.06. The number of carboxylic acids is 1. The molecule has 0 bridgehead atoms. The number of ether oxygens (including phenoxy) is 1. The average molecular weight is 237 g/mol. The second-order valence-electron chi connectivity index (χ2n) is 3.62. The minimum atomic E-state index is -1.09. The predicted molar refractivity (Wildman–Crippen MR) is 60.3 cm³/mol. The van der Waals surface area contributed by atoms with Crippen LogP contribution in [0, 0.1) is 5.92 Å². The van der Waals surface area contributed by atoms with Crippen LogP contribution in [0.2, 0.25) is 0 Å². The lowest BCUT2D eigenvalue weighted by molar-refractivity contribution is -0.148. The van der Waals surface area contributed by atoms with Gasteiger partial charge in [-0.05, 0) is 18.1 Å². The van der Waals surface area contributed by atoms with E-state index in [0.29, 0.717) is 0 Å². The first-order chi connectivity index (χ1) is 8.15. The normalized spacial score (nSPS) is 12.1. The van der Waals surface area contributed by atoms with Crippen LogP contribution in [0.15, 0.2) is 24.5 Å². The minimum absolute atomic E-state index is 0.181. The summed E-state index contributed by atoms with van der Waals surface area (Å²) in [5, 5.41) is 8.77. The zero-order chi connectivity index (χ0) is 12.7. The van der Waals surface area contributed by atoms with Crippen LogP contribution in [0.3, 0.4) is 0 Å². The van der Waals surface area contributed by atoms with Crippen LogP contribution < -0.4 is 0 Å². The molecule has 0 saturated heterocycles. The van der Waals surface area contributed by atoms with E-state index in [2.05, 4.69) is 4.98 Å². The van der Waals surface area contributed by atoms with Gasteiger partial charge >= 0.3 is 5.97 Å². The largest absolute Gasteiger partial charge is 0.481 e. The molecule has 0 aromatic carbocycles. The third-order valence-electron chi connectivity index (χ3n) is 2.33. The lowest BCUT2D eigenvalue weighted by Crippen LogP contribution is -2.26. The average Bonchev–Trinajstić information content (AvgIpc) is 2.30. The molecule has 0 fully saturated rings. The fraction of sp³-hybridized carbons (Fsp3) is 0.417. The van der Waals surface area contributed by atoms with Crippen molar-refractivity contribution in [1.29, 1.82) is 0 Å². The Hall–Kier alpha value is -1.75. The van der Waals surface area contributed by atoms with Gasteiger partial charge in [-0.3, -0.25) is 14.6 Å². The molecule has 0 aliphatic rings. The Balaban J connectivity index is 2.36. The number of nitrogens with zero attached hydrogens (tertiary/aromatic N) is 1. The van der Waals surface area contributed by atoms with Crippen molar-refractivity contribution in [2.45, 2.75) is 20.0 Å². The molecule has 0 saturated carbocycles. The summed E-state index contributed by atoms with van der Waals surface area (Å²) in [4.78, 5) is 26.1. The topological polar surface area (TPSA) is 76.5 Å². The second-order valence-corrected chi connectivity index (χ2v) is 3.62. The summed E-state index contributed by atoms with van der Waals surface area (Å²) in [6.45, 7) is 1.74. The maximum absolute atomic E-state index is 11.5. The molecule has 1 atom stereocenters. The number of pyridine rings is 1. The fourth-order valence-corrected chi connectivity index (χ4v) is 1.39. The van der Waals surface area contributed by atoms with E-state index in [1.54, 1.807) is 25.4 Å². The molecule has 1 N–H and O–H groups in total. The summed E-state index contributed by atoms with van der Waals surface area (Å²) in [5.74, 6) is -2.46. The van der Waals surface area contributed by atoms with Crippen LogP contribution in [-0.4, -0.2) is 28.4 Å². The van der Waals surface area contributed by atoms with Crippen LogP contribution in [0.4, 0.5) is 0 Å². The number of hydrogen-bond acceptors (Lipinski definition) is 4. The van der Waals surface area contributed by atoms with Gasteiger partial charge in [-0.2, -0.15) is 0 Å². The van der Waals surface area contributed by atoms with Crippen LogP contribution in [0.25, 0.3) is 0 Å². The second kappa shape index (κ2) is 6.75. The third-order valence-corrected chi connectivity index (χ3v) is 2.33. The van der Waals surface area contributed by atoms with E-state index in [1.807, 2.05) is 6.07 Å². The summed E-state index contributed by atoms with van der Waals surface area (Å²) in [6, 6.07) is 3.60. The minimum Gasteiger partial charge on any atom is -0.481 e. The maximum Gasteiger partial charge on any atom is 0.314 e. The Labute approximate surface area is 99.4 Å². The summed E-state index contributed by atoms with van der Waals surface area (Å²) >= 11 is 0. The highest BCUT2D eigenvalue weighted by Gasteiger charge is 2.23. The van der Waals surface area contributed by atoms with Gasteiger partial charge in [0.15, 0.2) is 5.78 Å². The molecular formula is C12H15NO4. The van der Waals surface area contributed by atoms with Gasteiger partial charge in [0.25, 0.3) is 0 Å². The SMILES string of the molecule is CCC(C(=O)O)C(=O)COCc1cccnc1. The molecule has 5 nitrogen and oxygen atoms in total. The highest BCUT2D eigenvalue weighted by atomic mass is 16.5. The molecule has 1 rings (SSSR count). The van der Waals surface area contributed by atoms with Gasteiger partial charge in [0.05, 0.1) is 6.61 Å². The number of aliphatic carboxylic acids is 1. The van der Waals surface area contributed by atoms with E-state index in [1.165, 1.54) is 0 Å². The molecule has 1 aromatic heterocycles. The van der Waals surface area contributed by atoms with Crippen molar-refractivity contribution >= 4 is 11.8 Å². The van der Waals surface area contributed by atoms with Crippen LogP contribution in [-0.2, 0) is 20.9 Å². The molecule has 0 amide bonds. The summed E-state index contributed by atoms with van der Waals surface area (Å²) in [5.41, 5.74) is 0.851. The number of rotatable bonds is 7. The zero-order valence-corrected chi connectivity index (χ0v) is 9.63. The maximum atomic E-state index is 11.5. The molecule has 17 heavy (non-hydrogen) atoms. The van der Waals surface area contributed by atoms with Crippen molar-refractivity contribution in [2.24, 2.45) is 5.92 Å². The number of carbonyl (C=O) groups excluding carboxylic acids is 1. The first-order valence-corrected chi connectivity index (χ1v) is 5.37. The van der Waals surface area contributed by atoms with Gasteiger partial charge < -0.3 is 9.84 Å². The Morgan fingerprint density at radius 3 is 2.82 bits per heavy atom. The monoisotopic (exact) mass is 237 g/mol. The Kier molecular flexibility index (Phi) is 5.29. The van der Waals surface area contributed by atoms with Crippen molar-refractivity contribution in [2.75, 3.05) is 6.61 Å². The van der Waals surface area contributed by atoms with E-state index < -0.39 is 17.7 Å². The van der Waals surface area contributed by atoms with Gasteiger partial charge in [-0.15, -0.1) is 0 Å². The first kappa shape index (κ1) is 13.3. The molecule has 0 aliphatic carbocycles. The molecule has 1 aromatic rings. The Morgan fingerprint density at radius 2 is 2.29 bits per heavy atom. The first-order valence-electron chi connectivity index (χ1n) is 5.37. The van der Waals surface area contributed by atoms with Crippen molar-refractivity contribution in [3.05, 3.63) is 30.1 Å². The quantitative estimate of drug-likeness (QED) is 0.723. The number of aromatic nitrogens is 1. The number of carbonyl (C=O) groups is 2. The van der Waals surface area contributed by atoms with E-state index in [-0.39, 0.29) is 19.6 Å². The molecule has 5 heteroatoms. The molecule has 1 heterocycles. The number of Topliss-reactive ketones (excluding diaryl/α,β-unsaturated/α-hetero) is 1. The highest BCUT2D eigenvalue weighted by molar-refractivity contribution is 5.98. The van der Waals surface area contributed by atoms with Gasteiger partial charge in [0.1, 0.15) is 12.5 Å². The third kappa shape index (κ3) is 4.32. The molecule has 0 spiro atoms. The van der Waals surface area contributed by atoms with Gasteiger partial charge in [-0.1, -0.05) is 13.0 Å².